The number of rotatable bonds is 6. The summed E-state index contributed by atoms with van der Waals surface area (Å²) in [5.74, 6) is 0.713. The minimum absolute atomic E-state index is 0.0608. The lowest BCUT2D eigenvalue weighted by atomic mass is 9.87. The van der Waals surface area contributed by atoms with E-state index in [0.29, 0.717) is 22.5 Å². The fraction of sp³-hybridized carbons (Fsp3) is 0.348. The van der Waals surface area contributed by atoms with Crippen LogP contribution in [0, 0.1) is 6.92 Å². The zero-order chi connectivity index (χ0) is 21.0. The molecule has 0 saturated carbocycles. The number of aromatic nitrogens is 2. The molecule has 0 aliphatic carbocycles. The van der Waals surface area contributed by atoms with E-state index >= 15 is 0 Å². The number of ether oxygens (including phenoxy) is 2. The Labute approximate surface area is 170 Å². The molecule has 0 atom stereocenters. The quantitative estimate of drug-likeness (QED) is 0.597. The van der Waals surface area contributed by atoms with E-state index in [1.54, 1.807) is 25.1 Å². The summed E-state index contributed by atoms with van der Waals surface area (Å²) < 4.78 is 12.2. The number of hydrogen-bond donors (Lipinski definition) is 0. The zero-order valence-electron chi connectivity index (χ0n) is 17.3. The number of fused-ring (bicyclic) bond motifs is 1. The van der Waals surface area contributed by atoms with Gasteiger partial charge in [0.1, 0.15) is 18.2 Å². The molecule has 3 rings (SSSR count). The van der Waals surface area contributed by atoms with E-state index in [1.807, 2.05) is 30.3 Å². The Hall–Kier alpha value is -3.15. The van der Waals surface area contributed by atoms with E-state index in [9.17, 15) is 9.59 Å². The molecular weight excluding hydrogens is 368 g/mol. The highest BCUT2D eigenvalue weighted by Crippen LogP contribution is 2.24. The van der Waals surface area contributed by atoms with Gasteiger partial charge < -0.3 is 9.47 Å². The molecule has 2 aromatic carbocycles. The lowest BCUT2D eigenvalue weighted by molar-refractivity contribution is -0.146. The molecule has 1 heterocycles. The van der Waals surface area contributed by atoms with Crippen LogP contribution in [0.25, 0.3) is 10.9 Å². The second-order valence-electron chi connectivity index (χ2n) is 7.92. The summed E-state index contributed by atoms with van der Waals surface area (Å²) >= 11 is 0. The predicted molar refractivity (Wildman–Crippen MR) is 112 cm³/mol. The first-order valence-corrected chi connectivity index (χ1v) is 9.61. The molecule has 3 aromatic rings. The zero-order valence-corrected chi connectivity index (χ0v) is 17.3. The number of aryl methyl sites for hydroxylation is 1. The molecule has 0 radical (unpaired) electrons. The van der Waals surface area contributed by atoms with Crippen molar-refractivity contribution in [3.63, 3.8) is 0 Å². The topological polar surface area (TPSA) is 70.4 Å². The van der Waals surface area contributed by atoms with Crippen LogP contribution < -0.4 is 10.3 Å². The third kappa shape index (κ3) is 5.02. The van der Waals surface area contributed by atoms with Gasteiger partial charge in [0.05, 0.1) is 17.4 Å². The largest absolute Gasteiger partial charge is 0.482 e. The van der Waals surface area contributed by atoms with Crippen LogP contribution in [0.5, 0.6) is 5.75 Å². The molecule has 0 aliphatic rings. The van der Waals surface area contributed by atoms with Gasteiger partial charge in [0.15, 0.2) is 6.61 Å². The van der Waals surface area contributed by atoms with Crippen molar-refractivity contribution >= 4 is 16.9 Å². The number of carbonyl (C=O) groups is 1. The van der Waals surface area contributed by atoms with Crippen LogP contribution in [-0.4, -0.2) is 28.7 Å². The van der Waals surface area contributed by atoms with Gasteiger partial charge in [-0.2, -0.15) is 0 Å². The number of esters is 1. The molecule has 0 spiro atoms. The minimum Gasteiger partial charge on any atom is -0.482 e. The molecule has 0 fully saturated rings. The van der Waals surface area contributed by atoms with E-state index in [2.05, 4.69) is 25.8 Å². The van der Waals surface area contributed by atoms with E-state index in [4.69, 9.17) is 9.47 Å². The van der Waals surface area contributed by atoms with Gasteiger partial charge in [0.25, 0.3) is 5.56 Å². The van der Waals surface area contributed by atoms with Crippen molar-refractivity contribution in [2.45, 2.75) is 39.7 Å². The second-order valence-corrected chi connectivity index (χ2v) is 7.92. The summed E-state index contributed by atoms with van der Waals surface area (Å²) in [6, 6.07) is 14.9. The van der Waals surface area contributed by atoms with Crippen LogP contribution in [0.4, 0.5) is 0 Å². The maximum atomic E-state index is 12.6. The Balaban J connectivity index is 1.53. The first-order chi connectivity index (χ1) is 13.8. The average Bonchev–Trinajstić information content (AvgIpc) is 2.68. The predicted octanol–water partition coefficient (Wildman–Crippen LogP) is 3.62. The number of para-hydroxylation sites is 1. The minimum atomic E-state index is -0.482. The molecule has 6 heteroatoms. The molecule has 0 N–H and O–H groups in total. The fourth-order valence-corrected chi connectivity index (χ4v) is 3.03. The molecule has 0 saturated heterocycles. The summed E-state index contributed by atoms with van der Waals surface area (Å²) in [5.41, 5.74) is 1.77. The van der Waals surface area contributed by atoms with Crippen LogP contribution >= 0.6 is 0 Å². The standard InChI is InChI=1S/C23H26N2O4/c1-16-24-20-8-6-5-7-19(20)22(27)25(16)13-14-28-21(26)15-29-18-11-9-17(10-12-18)23(2,3)4/h5-12H,13-15H2,1-4H3. The number of carbonyl (C=O) groups excluding carboxylic acids is 1. The van der Waals surface area contributed by atoms with Gasteiger partial charge in [0, 0.05) is 0 Å². The third-order valence-electron chi connectivity index (χ3n) is 4.71. The maximum Gasteiger partial charge on any atom is 0.344 e. The van der Waals surface area contributed by atoms with Crippen molar-refractivity contribution in [1.29, 1.82) is 0 Å². The Morgan fingerprint density at radius 1 is 1.07 bits per heavy atom. The van der Waals surface area contributed by atoms with E-state index in [-0.39, 0.29) is 30.7 Å². The lowest BCUT2D eigenvalue weighted by Crippen LogP contribution is -2.27. The van der Waals surface area contributed by atoms with E-state index in [1.165, 1.54) is 10.1 Å². The number of nitrogens with zero attached hydrogens (tertiary/aromatic N) is 2. The van der Waals surface area contributed by atoms with E-state index in [0.717, 1.165) is 0 Å². The SMILES string of the molecule is Cc1nc2ccccc2c(=O)n1CCOC(=O)COc1ccc(C(C)(C)C)cc1. The van der Waals surface area contributed by atoms with Crippen LogP contribution in [0.2, 0.25) is 0 Å². The second kappa shape index (κ2) is 8.47. The molecule has 1 aromatic heterocycles. The summed E-state index contributed by atoms with van der Waals surface area (Å²) in [6.07, 6.45) is 0. The molecule has 152 valence electrons. The summed E-state index contributed by atoms with van der Waals surface area (Å²) in [7, 11) is 0. The van der Waals surface area contributed by atoms with Gasteiger partial charge in [-0.3, -0.25) is 9.36 Å². The van der Waals surface area contributed by atoms with Gasteiger partial charge in [-0.25, -0.2) is 9.78 Å². The van der Waals surface area contributed by atoms with E-state index < -0.39 is 5.97 Å². The molecule has 29 heavy (non-hydrogen) atoms. The summed E-state index contributed by atoms with van der Waals surface area (Å²) in [4.78, 5) is 29.0. The van der Waals surface area contributed by atoms with Crippen molar-refractivity contribution in [3.8, 4) is 5.75 Å². The summed E-state index contributed by atoms with van der Waals surface area (Å²) in [5, 5.41) is 0.548. The van der Waals surface area contributed by atoms with Crippen molar-refractivity contribution in [3.05, 3.63) is 70.3 Å². The smallest absolute Gasteiger partial charge is 0.344 e. The van der Waals surface area contributed by atoms with Crippen molar-refractivity contribution in [2.75, 3.05) is 13.2 Å². The average molecular weight is 394 g/mol. The Morgan fingerprint density at radius 2 is 1.76 bits per heavy atom. The molecule has 0 unspecified atom stereocenters. The normalized spacial score (nSPS) is 11.4. The molecule has 0 bridgehead atoms. The highest BCUT2D eigenvalue weighted by molar-refractivity contribution is 5.77. The van der Waals surface area contributed by atoms with Crippen molar-refractivity contribution < 1.29 is 14.3 Å². The Bertz CT molecular complexity index is 1060. The lowest BCUT2D eigenvalue weighted by Gasteiger charge is -2.19. The van der Waals surface area contributed by atoms with Gasteiger partial charge in [0.2, 0.25) is 0 Å². The Morgan fingerprint density at radius 3 is 2.45 bits per heavy atom. The van der Waals surface area contributed by atoms with Crippen LogP contribution in [0.3, 0.4) is 0 Å². The van der Waals surface area contributed by atoms with Gasteiger partial charge in [-0.15, -0.1) is 0 Å². The first kappa shape index (κ1) is 20.6. The maximum absolute atomic E-state index is 12.6. The molecule has 0 amide bonds. The molecular formula is C23H26N2O4. The van der Waals surface area contributed by atoms with Gasteiger partial charge in [-0.1, -0.05) is 45.0 Å². The molecule has 6 nitrogen and oxygen atoms in total. The van der Waals surface area contributed by atoms with Crippen LogP contribution in [0.15, 0.2) is 53.3 Å². The Kier molecular flexibility index (Phi) is 6.01. The highest BCUT2D eigenvalue weighted by Gasteiger charge is 2.13. The van der Waals surface area contributed by atoms with Gasteiger partial charge >= 0.3 is 5.97 Å². The van der Waals surface area contributed by atoms with Crippen LogP contribution in [0.1, 0.15) is 32.2 Å². The molecule has 0 aliphatic heterocycles. The van der Waals surface area contributed by atoms with Crippen molar-refractivity contribution in [2.24, 2.45) is 0 Å². The monoisotopic (exact) mass is 394 g/mol. The highest BCUT2D eigenvalue weighted by atomic mass is 16.6. The number of hydrogen-bond acceptors (Lipinski definition) is 5. The van der Waals surface area contributed by atoms with Crippen molar-refractivity contribution in [1.82, 2.24) is 9.55 Å². The summed E-state index contributed by atoms with van der Waals surface area (Å²) in [6.45, 7) is 8.31. The third-order valence-corrected chi connectivity index (χ3v) is 4.71. The first-order valence-electron chi connectivity index (χ1n) is 9.61. The van der Waals surface area contributed by atoms with Gasteiger partial charge in [-0.05, 0) is 42.2 Å². The fourth-order valence-electron chi connectivity index (χ4n) is 3.03. The number of benzene rings is 2. The van der Waals surface area contributed by atoms with Crippen LogP contribution in [-0.2, 0) is 21.5 Å².